The van der Waals surface area contributed by atoms with E-state index < -0.39 is 20.0 Å². The van der Waals surface area contributed by atoms with E-state index in [0.717, 1.165) is 23.7 Å². The van der Waals surface area contributed by atoms with Gasteiger partial charge in [-0.25, -0.2) is 8.78 Å². The Kier molecular flexibility index (Phi) is 4.90. The third-order valence-electron chi connectivity index (χ3n) is 4.20. The average Bonchev–Trinajstić information content (AvgIpc) is 2.53. The molecule has 0 aliphatic heterocycles. The predicted octanol–water partition coefficient (Wildman–Crippen LogP) is 4.47. The maximum atomic E-state index is 13.3. The zero-order valence-corrected chi connectivity index (χ0v) is 13.6. The van der Waals surface area contributed by atoms with Crippen molar-refractivity contribution in [1.29, 1.82) is 0 Å². The van der Waals surface area contributed by atoms with Crippen LogP contribution in [0.25, 0.3) is 11.1 Å². The van der Waals surface area contributed by atoms with Crippen molar-refractivity contribution in [2.24, 2.45) is 0 Å². The minimum atomic E-state index is -1.87. The Morgan fingerprint density at radius 2 is 1.43 bits per heavy atom. The van der Waals surface area contributed by atoms with E-state index in [4.69, 9.17) is 4.43 Å². The number of benzene rings is 2. The van der Waals surface area contributed by atoms with Crippen LogP contribution in [0.15, 0.2) is 42.5 Å². The highest BCUT2D eigenvalue weighted by molar-refractivity contribution is 6.86. The van der Waals surface area contributed by atoms with E-state index in [2.05, 4.69) is 26.0 Å². The van der Waals surface area contributed by atoms with Crippen molar-refractivity contribution in [2.75, 3.05) is 7.11 Å². The van der Waals surface area contributed by atoms with Gasteiger partial charge in [0.2, 0.25) is 8.32 Å². The summed E-state index contributed by atoms with van der Waals surface area (Å²) in [5.41, 5.74) is 1.56. The fourth-order valence-corrected chi connectivity index (χ4v) is 5.61. The van der Waals surface area contributed by atoms with Gasteiger partial charge in [-0.1, -0.05) is 44.2 Å². The normalized spacial score (nSPS) is 11.7. The first-order valence-corrected chi connectivity index (χ1v) is 9.49. The Morgan fingerprint density at radius 1 is 0.857 bits per heavy atom. The molecule has 0 saturated carbocycles. The number of rotatable bonds is 5. The fraction of sp³-hybridized carbons (Fsp3) is 0.294. The zero-order valence-electron chi connectivity index (χ0n) is 12.6. The summed E-state index contributed by atoms with van der Waals surface area (Å²) in [4.78, 5) is 0. The van der Waals surface area contributed by atoms with Crippen molar-refractivity contribution < 1.29 is 13.2 Å². The number of hydrogen-bond donors (Lipinski definition) is 0. The van der Waals surface area contributed by atoms with Crippen LogP contribution in [-0.4, -0.2) is 15.4 Å². The van der Waals surface area contributed by atoms with Gasteiger partial charge < -0.3 is 4.43 Å². The van der Waals surface area contributed by atoms with Gasteiger partial charge in [-0.3, -0.25) is 0 Å². The lowest BCUT2D eigenvalue weighted by molar-refractivity contribution is 0.405. The first-order valence-electron chi connectivity index (χ1n) is 7.17. The second kappa shape index (κ2) is 6.50. The van der Waals surface area contributed by atoms with Crippen molar-refractivity contribution >= 4 is 13.5 Å². The van der Waals surface area contributed by atoms with Crippen LogP contribution in [0.4, 0.5) is 8.78 Å². The van der Waals surface area contributed by atoms with Crippen molar-refractivity contribution in [2.45, 2.75) is 25.9 Å². The van der Waals surface area contributed by atoms with E-state index in [0.29, 0.717) is 5.56 Å². The molecule has 0 heterocycles. The van der Waals surface area contributed by atoms with Crippen molar-refractivity contribution in [3.63, 3.8) is 0 Å². The molecule has 0 amide bonds. The maximum absolute atomic E-state index is 13.3. The molecule has 0 atom stereocenters. The highest BCUT2D eigenvalue weighted by atomic mass is 28.4. The van der Waals surface area contributed by atoms with Gasteiger partial charge in [0.25, 0.3) is 0 Å². The van der Waals surface area contributed by atoms with Gasteiger partial charge in [0.05, 0.1) is 0 Å². The molecule has 2 rings (SSSR count). The van der Waals surface area contributed by atoms with Crippen LogP contribution in [0.2, 0.25) is 12.1 Å². The summed E-state index contributed by atoms with van der Waals surface area (Å²) in [6.07, 6.45) is 0. The van der Waals surface area contributed by atoms with Gasteiger partial charge in [0, 0.05) is 7.11 Å². The van der Waals surface area contributed by atoms with Gasteiger partial charge in [-0.05, 0) is 40.5 Å². The molecule has 2 aromatic carbocycles. The minimum Gasteiger partial charge on any atom is -0.416 e. The third kappa shape index (κ3) is 3.06. The summed E-state index contributed by atoms with van der Waals surface area (Å²) in [6.45, 7) is 4.31. The van der Waals surface area contributed by atoms with Gasteiger partial charge in [0.1, 0.15) is 0 Å². The highest BCUT2D eigenvalue weighted by Crippen LogP contribution is 2.22. The minimum absolute atomic E-state index is 0.679. The van der Waals surface area contributed by atoms with Crippen LogP contribution in [0, 0.1) is 11.6 Å². The van der Waals surface area contributed by atoms with Crippen molar-refractivity contribution in [3.8, 4) is 11.1 Å². The molecule has 112 valence electrons. The van der Waals surface area contributed by atoms with Gasteiger partial charge in [-0.15, -0.1) is 0 Å². The Hall–Kier alpha value is -1.52. The van der Waals surface area contributed by atoms with Crippen LogP contribution < -0.4 is 5.19 Å². The van der Waals surface area contributed by atoms with Gasteiger partial charge in [-0.2, -0.15) is 0 Å². The zero-order chi connectivity index (χ0) is 15.5. The van der Waals surface area contributed by atoms with E-state index in [1.54, 1.807) is 13.2 Å². The first kappa shape index (κ1) is 15.9. The number of hydrogen-bond acceptors (Lipinski definition) is 1. The molecule has 0 bridgehead atoms. The Labute approximate surface area is 125 Å². The summed E-state index contributed by atoms with van der Waals surface area (Å²) >= 11 is 0. The van der Waals surface area contributed by atoms with Crippen LogP contribution >= 0.6 is 0 Å². The highest BCUT2D eigenvalue weighted by Gasteiger charge is 2.31. The van der Waals surface area contributed by atoms with E-state index in [1.165, 1.54) is 11.3 Å². The Morgan fingerprint density at radius 3 is 1.90 bits per heavy atom. The van der Waals surface area contributed by atoms with E-state index in [9.17, 15) is 8.78 Å². The molecular formula is C17H20F2OSi. The molecule has 0 aliphatic carbocycles. The van der Waals surface area contributed by atoms with Crippen LogP contribution in [0.5, 0.6) is 0 Å². The largest absolute Gasteiger partial charge is 0.416 e. The van der Waals surface area contributed by atoms with E-state index in [-0.39, 0.29) is 0 Å². The summed E-state index contributed by atoms with van der Waals surface area (Å²) in [5, 5.41) is 1.24. The first-order chi connectivity index (χ1) is 10.1. The van der Waals surface area contributed by atoms with Crippen molar-refractivity contribution in [1.82, 2.24) is 0 Å². The lowest BCUT2D eigenvalue weighted by Crippen LogP contribution is -2.48. The van der Waals surface area contributed by atoms with E-state index in [1.807, 2.05) is 12.1 Å². The van der Waals surface area contributed by atoms with Crippen LogP contribution in [0.1, 0.15) is 13.8 Å². The van der Waals surface area contributed by atoms with Crippen molar-refractivity contribution in [3.05, 3.63) is 54.1 Å². The standard InChI is InChI=1S/C17H20F2OSi/c1-4-21(5-2,20-3)15-9-6-13(7-10-15)14-8-11-16(18)17(19)12-14/h6-12H,4-5H2,1-3H3. The lowest BCUT2D eigenvalue weighted by atomic mass is 10.1. The summed E-state index contributed by atoms with van der Waals surface area (Å²) < 4.78 is 32.1. The molecule has 2 aromatic rings. The molecule has 21 heavy (non-hydrogen) atoms. The molecule has 0 unspecified atom stereocenters. The molecular weight excluding hydrogens is 286 g/mol. The molecule has 0 spiro atoms. The second-order valence-corrected chi connectivity index (χ2v) is 9.50. The molecule has 4 heteroatoms. The average molecular weight is 306 g/mol. The molecule has 0 aromatic heterocycles. The SMILES string of the molecule is CC[Si](CC)(OC)c1ccc(-c2ccc(F)c(F)c2)cc1. The predicted molar refractivity (Wildman–Crippen MR) is 85.2 cm³/mol. The van der Waals surface area contributed by atoms with Gasteiger partial charge >= 0.3 is 0 Å². The molecule has 0 aliphatic rings. The van der Waals surface area contributed by atoms with Crippen LogP contribution in [-0.2, 0) is 4.43 Å². The quantitative estimate of drug-likeness (QED) is 0.741. The Bertz CT molecular complexity index is 598. The molecule has 0 radical (unpaired) electrons. The molecule has 0 fully saturated rings. The molecule has 1 nitrogen and oxygen atoms in total. The van der Waals surface area contributed by atoms with Crippen LogP contribution in [0.3, 0.4) is 0 Å². The topological polar surface area (TPSA) is 9.23 Å². The smallest absolute Gasteiger partial charge is 0.223 e. The molecule has 0 saturated heterocycles. The lowest BCUT2D eigenvalue weighted by Gasteiger charge is -2.27. The van der Waals surface area contributed by atoms with E-state index >= 15 is 0 Å². The third-order valence-corrected chi connectivity index (χ3v) is 8.65. The summed E-state index contributed by atoms with van der Waals surface area (Å²) in [7, 11) is -0.0911. The monoisotopic (exact) mass is 306 g/mol. The molecule has 0 N–H and O–H groups in total. The number of halogens is 2. The maximum Gasteiger partial charge on any atom is 0.223 e. The summed E-state index contributed by atoms with van der Waals surface area (Å²) in [6, 6.07) is 14.0. The second-order valence-electron chi connectivity index (χ2n) is 5.11. The fourth-order valence-electron chi connectivity index (χ4n) is 2.71. The summed E-state index contributed by atoms with van der Waals surface area (Å²) in [5.74, 6) is -1.64. The van der Waals surface area contributed by atoms with Gasteiger partial charge in [0.15, 0.2) is 11.6 Å². The Balaban J connectivity index is 2.36.